The van der Waals surface area contributed by atoms with Crippen molar-refractivity contribution >= 4 is 5.96 Å². The number of hydrogen-bond donors (Lipinski definition) is 2. The van der Waals surface area contributed by atoms with E-state index < -0.39 is 0 Å². The van der Waals surface area contributed by atoms with Crippen LogP contribution in [0.5, 0.6) is 11.5 Å². The predicted octanol–water partition coefficient (Wildman–Crippen LogP) is 3.23. The first-order valence-corrected chi connectivity index (χ1v) is 8.79. The minimum atomic E-state index is 0.746. The third-order valence-electron chi connectivity index (χ3n) is 4.32. The molecule has 2 rings (SSSR count). The molecule has 140 valence electrons. The molecule has 0 aromatic heterocycles. The van der Waals surface area contributed by atoms with Crippen LogP contribution in [0.15, 0.2) is 41.4 Å². The minimum Gasteiger partial charge on any atom is -0.493 e. The number of ether oxygens (including phenoxy) is 2. The molecular weight excluding hydrogens is 326 g/mol. The highest BCUT2D eigenvalue weighted by Gasteiger charge is 2.05. The van der Waals surface area contributed by atoms with E-state index in [1.165, 1.54) is 22.3 Å². The Morgan fingerprint density at radius 1 is 0.962 bits per heavy atom. The first kappa shape index (κ1) is 19.6. The summed E-state index contributed by atoms with van der Waals surface area (Å²) in [5, 5.41) is 6.72. The summed E-state index contributed by atoms with van der Waals surface area (Å²) < 4.78 is 10.6. The normalized spacial score (nSPS) is 11.2. The Bertz CT molecular complexity index is 757. The van der Waals surface area contributed by atoms with Crippen molar-refractivity contribution in [2.75, 3.05) is 27.8 Å². The van der Waals surface area contributed by atoms with Crippen molar-refractivity contribution in [1.29, 1.82) is 0 Å². The topological polar surface area (TPSA) is 54.9 Å². The van der Waals surface area contributed by atoms with E-state index in [0.717, 1.165) is 37.0 Å². The van der Waals surface area contributed by atoms with Gasteiger partial charge in [0.15, 0.2) is 17.5 Å². The average Bonchev–Trinajstić information content (AvgIpc) is 2.65. The van der Waals surface area contributed by atoms with Crippen LogP contribution in [0.25, 0.3) is 0 Å². The number of hydrogen-bond acceptors (Lipinski definition) is 3. The molecule has 2 N–H and O–H groups in total. The summed E-state index contributed by atoms with van der Waals surface area (Å²) >= 11 is 0. The van der Waals surface area contributed by atoms with E-state index in [9.17, 15) is 0 Å². The Hall–Kier alpha value is -2.69. The number of nitrogens with one attached hydrogen (secondary N) is 2. The molecule has 0 aliphatic heterocycles. The molecule has 0 fully saturated rings. The molecule has 0 saturated heterocycles. The molecule has 0 atom stereocenters. The largest absolute Gasteiger partial charge is 0.493 e. The zero-order valence-electron chi connectivity index (χ0n) is 16.3. The quantitative estimate of drug-likeness (QED) is 0.591. The number of nitrogens with zero attached hydrogens (tertiary/aromatic N) is 1. The van der Waals surface area contributed by atoms with Gasteiger partial charge in [0.1, 0.15) is 0 Å². The van der Waals surface area contributed by atoms with Crippen LogP contribution in [0.4, 0.5) is 0 Å². The minimum absolute atomic E-state index is 0.746. The average molecular weight is 355 g/mol. The third-order valence-corrected chi connectivity index (χ3v) is 4.32. The maximum Gasteiger partial charge on any atom is 0.191 e. The summed E-state index contributed by atoms with van der Waals surface area (Å²) in [5.74, 6) is 2.29. The van der Waals surface area contributed by atoms with Gasteiger partial charge < -0.3 is 20.1 Å². The van der Waals surface area contributed by atoms with Gasteiger partial charge in [-0.05, 0) is 49.1 Å². The van der Waals surface area contributed by atoms with Crippen molar-refractivity contribution in [3.8, 4) is 11.5 Å². The Morgan fingerprint density at radius 3 is 2.38 bits per heavy atom. The van der Waals surface area contributed by atoms with Crippen LogP contribution in [0.3, 0.4) is 0 Å². The first-order valence-electron chi connectivity index (χ1n) is 8.79. The molecule has 5 heteroatoms. The van der Waals surface area contributed by atoms with Crippen LogP contribution < -0.4 is 20.1 Å². The molecule has 26 heavy (non-hydrogen) atoms. The van der Waals surface area contributed by atoms with Gasteiger partial charge in [-0.1, -0.05) is 29.8 Å². The number of rotatable bonds is 7. The van der Waals surface area contributed by atoms with E-state index >= 15 is 0 Å². The van der Waals surface area contributed by atoms with Crippen molar-refractivity contribution in [2.24, 2.45) is 4.99 Å². The molecule has 0 aliphatic carbocycles. The van der Waals surface area contributed by atoms with Gasteiger partial charge in [0.05, 0.1) is 14.2 Å². The van der Waals surface area contributed by atoms with Gasteiger partial charge in [-0.3, -0.25) is 4.99 Å². The zero-order chi connectivity index (χ0) is 18.9. The number of aliphatic imine (C=N–C) groups is 1. The number of aryl methyl sites for hydroxylation is 2. The van der Waals surface area contributed by atoms with Crippen LogP contribution in [0.1, 0.15) is 22.3 Å². The maximum absolute atomic E-state index is 5.35. The summed E-state index contributed by atoms with van der Waals surface area (Å²) in [6.07, 6.45) is 0.866. The predicted molar refractivity (Wildman–Crippen MR) is 107 cm³/mol. The Morgan fingerprint density at radius 2 is 1.73 bits per heavy atom. The van der Waals surface area contributed by atoms with Gasteiger partial charge in [0.25, 0.3) is 0 Å². The molecule has 0 bridgehead atoms. The van der Waals surface area contributed by atoms with Crippen molar-refractivity contribution in [1.82, 2.24) is 10.6 Å². The fourth-order valence-electron chi connectivity index (χ4n) is 2.81. The van der Waals surface area contributed by atoms with Crippen LogP contribution in [-0.2, 0) is 13.0 Å². The van der Waals surface area contributed by atoms with Gasteiger partial charge in [0.2, 0.25) is 0 Å². The first-order chi connectivity index (χ1) is 12.6. The van der Waals surface area contributed by atoms with Crippen molar-refractivity contribution in [3.05, 3.63) is 58.7 Å². The maximum atomic E-state index is 5.35. The SMILES string of the molecule is CN=C(NCCc1ccc(OC)c(OC)c1)NCc1ccc(C)cc1C. The van der Waals surface area contributed by atoms with E-state index in [1.54, 1.807) is 21.3 Å². The second-order valence-electron chi connectivity index (χ2n) is 6.22. The Kier molecular flexibility index (Phi) is 7.33. The molecule has 0 amide bonds. The Labute approximate surface area is 156 Å². The van der Waals surface area contributed by atoms with E-state index in [0.29, 0.717) is 0 Å². The van der Waals surface area contributed by atoms with Crippen LogP contribution in [-0.4, -0.2) is 33.8 Å². The number of guanidine groups is 1. The van der Waals surface area contributed by atoms with Crippen LogP contribution in [0, 0.1) is 13.8 Å². The van der Waals surface area contributed by atoms with Gasteiger partial charge >= 0.3 is 0 Å². The molecular formula is C21H29N3O2. The van der Waals surface area contributed by atoms with Crippen LogP contribution in [0.2, 0.25) is 0 Å². The molecule has 0 aliphatic rings. The summed E-state index contributed by atoms with van der Waals surface area (Å²) in [4.78, 5) is 4.29. The molecule has 0 spiro atoms. The van der Waals surface area contributed by atoms with Gasteiger partial charge in [-0.25, -0.2) is 0 Å². The zero-order valence-corrected chi connectivity index (χ0v) is 16.3. The summed E-state index contributed by atoms with van der Waals surface area (Å²) in [6.45, 7) is 5.78. The molecule has 2 aromatic rings. The summed E-state index contributed by atoms with van der Waals surface area (Å²) in [7, 11) is 5.08. The van der Waals surface area contributed by atoms with Crippen molar-refractivity contribution < 1.29 is 9.47 Å². The van der Waals surface area contributed by atoms with Crippen molar-refractivity contribution in [3.63, 3.8) is 0 Å². The van der Waals surface area contributed by atoms with E-state index in [1.807, 2.05) is 12.1 Å². The highest BCUT2D eigenvalue weighted by molar-refractivity contribution is 5.79. The van der Waals surface area contributed by atoms with Gasteiger partial charge in [0, 0.05) is 20.1 Å². The van der Waals surface area contributed by atoms with E-state index in [4.69, 9.17) is 9.47 Å². The molecule has 5 nitrogen and oxygen atoms in total. The highest BCUT2D eigenvalue weighted by atomic mass is 16.5. The summed E-state index contributed by atoms with van der Waals surface area (Å²) in [6, 6.07) is 12.5. The highest BCUT2D eigenvalue weighted by Crippen LogP contribution is 2.27. The van der Waals surface area contributed by atoms with E-state index in [2.05, 4.69) is 53.7 Å². The lowest BCUT2D eigenvalue weighted by atomic mass is 10.1. The monoisotopic (exact) mass is 355 g/mol. The second-order valence-corrected chi connectivity index (χ2v) is 6.22. The fourth-order valence-corrected chi connectivity index (χ4v) is 2.81. The molecule has 0 saturated carbocycles. The number of methoxy groups -OCH3 is 2. The molecule has 2 aromatic carbocycles. The lowest BCUT2D eigenvalue weighted by molar-refractivity contribution is 0.354. The smallest absolute Gasteiger partial charge is 0.191 e. The summed E-state index contributed by atoms with van der Waals surface area (Å²) in [5.41, 5.74) is 5.03. The third kappa shape index (κ3) is 5.41. The lowest BCUT2D eigenvalue weighted by Crippen LogP contribution is -2.38. The molecule has 0 heterocycles. The van der Waals surface area contributed by atoms with Crippen LogP contribution >= 0.6 is 0 Å². The van der Waals surface area contributed by atoms with E-state index in [-0.39, 0.29) is 0 Å². The Balaban J connectivity index is 1.85. The standard InChI is InChI=1S/C21H29N3O2/c1-15-6-8-18(16(2)12-15)14-24-21(22-3)23-11-10-17-7-9-19(25-4)20(13-17)26-5/h6-9,12-13H,10-11,14H2,1-5H3,(H2,22,23,24). The van der Waals surface area contributed by atoms with Gasteiger partial charge in [-0.15, -0.1) is 0 Å². The molecule has 0 radical (unpaired) electrons. The lowest BCUT2D eigenvalue weighted by Gasteiger charge is -2.14. The van der Waals surface area contributed by atoms with Gasteiger partial charge in [-0.2, -0.15) is 0 Å². The van der Waals surface area contributed by atoms with Crippen molar-refractivity contribution in [2.45, 2.75) is 26.8 Å². The number of benzene rings is 2. The second kappa shape index (κ2) is 9.70. The molecule has 0 unspecified atom stereocenters. The fraction of sp³-hybridized carbons (Fsp3) is 0.381.